The molecule has 10 nitrogen and oxygen atoms in total. The van der Waals surface area contributed by atoms with Crippen molar-refractivity contribution in [2.24, 2.45) is 0 Å². The van der Waals surface area contributed by atoms with Gasteiger partial charge in [0, 0.05) is 12.3 Å². The molecule has 102 valence electrons. The van der Waals surface area contributed by atoms with Crippen LogP contribution in [0, 0.1) is 32.8 Å². The standard InChI is InChI=1S/C11H4N6O4/c12-2-7-9(3-13)16(5-15-7)10-8(17(20)21)1-6(4-14-10)11(18)19/h1,4-5H,(H,18,19). The maximum Gasteiger partial charge on any atom is 0.337 e. The van der Waals surface area contributed by atoms with Crippen LogP contribution in [0.4, 0.5) is 5.69 Å². The topological polar surface area (TPSA) is 159 Å². The van der Waals surface area contributed by atoms with Gasteiger partial charge in [-0.25, -0.2) is 14.8 Å². The van der Waals surface area contributed by atoms with Gasteiger partial charge in [0.25, 0.3) is 0 Å². The highest BCUT2D eigenvalue weighted by Gasteiger charge is 2.23. The Morgan fingerprint density at radius 1 is 1.38 bits per heavy atom. The van der Waals surface area contributed by atoms with Gasteiger partial charge in [0.1, 0.15) is 18.5 Å². The monoisotopic (exact) mass is 284 g/mol. The second kappa shape index (κ2) is 5.07. The molecule has 0 aliphatic carbocycles. The Labute approximate surface area is 116 Å². The number of aromatic carboxylic acids is 1. The fraction of sp³-hybridized carbons (Fsp3) is 0. The zero-order chi connectivity index (χ0) is 15.6. The van der Waals surface area contributed by atoms with Crippen LogP contribution in [0.15, 0.2) is 18.6 Å². The van der Waals surface area contributed by atoms with Gasteiger partial charge >= 0.3 is 11.7 Å². The molecule has 0 fully saturated rings. The van der Waals surface area contributed by atoms with Gasteiger partial charge in [0.05, 0.1) is 10.5 Å². The van der Waals surface area contributed by atoms with E-state index in [2.05, 4.69) is 9.97 Å². The molecule has 2 aromatic heterocycles. The fourth-order valence-corrected chi connectivity index (χ4v) is 1.58. The predicted octanol–water partition coefficient (Wildman–Crippen LogP) is 0.617. The zero-order valence-corrected chi connectivity index (χ0v) is 10.1. The van der Waals surface area contributed by atoms with E-state index < -0.39 is 16.6 Å². The highest BCUT2D eigenvalue weighted by molar-refractivity contribution is 5.88. The van der Waals surface area contributed by atoms with E-state index in [1.165, 1.54) is 0 Å². The van der Waals surface area contributed by atoms with Crippen molar-refractivity contribution in [3.05, 3.63) is 45.7 Å². The molecule has 10 heteroatoms. The summed E-state index contributed by atoms with van der Waals surface area (Å²) in [4.78, 5) is 28.4. The van der Waals surface area contributed by atoms with Gasteiger partial charge in [-0.1, -0.05) is 0 Å². The van der Waals surface area contributed by atoms with Crippen molar-refractivity contribution in [1.82, 2.24) is 14.5 Å². The van der Waals surface area contributed by atoms with Gasteiger partial charge in [-0.15, -0.1) is 0 Å². The van der Waals surface area contributed by atoms with Gasteiger partial charge in [-0.05, 0) is 0 Å². The van der Waals surface area contributed by atoms with E-state index in [0.717, 1.165) is 23.2 Å². The molecule has 0 aliphatic heterocycles. The lowest BCUT2D eigenvalue weighted by Crippen LogP contribution is -2.07. The molecule has 21 heavy (non-hydrogen) atoms. The van der Waals surface area contributed by atoms with E-state index in [4.69, 9.17) is 15.6 Å². The Bertz CT molecular complexity index is 841. The molecule has 0 saturated heterocycles. The summed E-state index contributed by atoms with van der Waals surface area (Å²) in [6.07, 6.45) is 1.95. The van der Waals surface area contributed by atoms with E-state index >= 15 is 0 Å². The van der Waals surface area contributed by atoms with Crippen LogP contribution in [0.1, 0.15) is 21.7 Å². The first-order valence-electron chi connectivity index (χ1n) is 5.25. The number of carboxylic acids is 1. The van der Waals surface area contributed by atoms with Crippen LogP contribution in [0.5, 0.6) is 0 Å². The van der Waals surface area contributed by atoms with Crippen LogP contribution in [-0.2, 0) is 0 Å². The summed E-state index contributed by atoms with van der Waals surface area (Å²) in [7, 11) is 0. The Kier molecular flexibility index (Phi) is 3.29. The molecule has 0 aromatic carbocycles. The molecule has 0 saturated carbocycles. The molecule has 0 amide bonds. The zero-order valence-electron chi connectivity index (χ0n) is 10.1. The Morgan fingerprint density at radius 3 is 2.62 bits per heavy atom. The highest BCUT2D eigenvalue weighted by Crippen LogP contribution is 2.23. The van der Waals surface area contributed by atoms with Crippen molar-refractivity contribution in [1.29, 1.82) is 10.5 Å². The number of carboxylic acid groups (broad SMARTS) is 1. The SMILES string of the molecule is N#Cc1ncn(-c2ncc(C(=O)O)cc2[N+](=O)[O-])c1C#N. The molecule has 0 aliphatic rings. The second-order valence-corrected chi connectivity index (χ2v) is 3.66. The number of nitro groups is 1. The van der Waals surface area contributed by atoms with Crippen LogP contribution >= 0.6 is 0 Å². The lowest BCUT2D eigenvalue weighted by Gasteiger charge is -2.04. The minimum atomic E-state index is -1.37. The molecule has 0 unspecified atom stereocenters. The molecular formula is C11H4N6O4. The normalized spacial score (nSPS) is 9.62. The van der Waals surface area contributed by atoms with Crippen molar-refractivity contribution in [2.45, 2.75) is 0 Å². The average Bonchev–Trinajstić information content (AvgIpc) is 2.88. The number of nitriles is 2. The number of imidazole rings is 1. The minimum Gasteiger partial charge on any atom is -0.478 e. The molecule has 0 spiro atoms. The summed E-state index contributed by atoms with van der Waals surface area (Å²) in [6, 6.07) is 4.18. The first kappa shape index (κ1) is 13.6. The summed E-state index contributed by atoms with van der Waals surface area (Å²) in [6.45, 7) is 0. The van der Waals surface area contributed by atoms with Gasteiger partial charge in [0.2, 0.25) is 5.82 Å². The van der Waals surface area contributed by atoms with Crippen LogP contribution < -0.4 is 0 Å². The van der Waals surface area contributed by atoms with E-state index in [1.54, 1.807) is 12.1 Å². The van der Waals surface area contributed by atoms with Crippen LogP contribution in [0.3, 0.4) is 0 Å². The van der Waals surface area contributed by atoms with Crippen molar-refractivity contribution >= 4 is 11.7 Å². The summed E-state index contributed by atoms with van der Waals surface area (Å²) < 4.78 is 0.961. The number of hydrogen-bond acceptors (Lipinski definition) is 7. The number of carbonyl (C=O) groups is 1. The predicted molar refractivity (Wildman–Crippen MR) is 64.4 cm³/mol. The average molecular weight is 284 g/mol. The van der Waals surface area contributed by atoms with Crippen LogP contribution in [-0.4, -0.2) is 30.5 Å². The van der Waals surface area contributed by atoms with E-state index in [-0.39, 0.29) is 22.8 Å². The smallest absolute Gasteiger partial charge is 0.337 e. The number of hydrogen-bond donors (Lipinski definition) is 1. The first-order valence-corrected chi connectivity index (χ1v) is 5.25. The van der Waals surface area contributed by atoms with E-state index in [1.807, 2.05) is 0 Å². The minimum absolute atomic E-state index is 0.212. The Hall–Kier alpha value is -3.79. The maximum atomic E-state index is 11.0. The molecule has 2 aromatic rings. The second-order valence-electron chi connectivity index (χ2n) is 3.66. The first-order chi connectivity index (χ1) is 9.99. The third-order valence-corrected chi connectivity index (χ3v) is 2.50. The molecule has 2 rings (SSSR count). The van der Waals surface area contributed by atoms with Gasteiger partial charge in [0.15, 0.2) is 11.4 Å². The summed E-state index contributed by atoms with van der Waals surface area (Å²) in [5.41, 5.74) is -1.43. The molecule has 0 radical (unpaired) electrons. The van der Waals surface area contributed by atoms with Crippen molar-refractivity contribution in [3.8, 4) is 18.0 Å². The Morgan fingerprint density at radius 2 is 2.10 bits per heavy atom. The third kappa shape index (κ3) is 2.24. The summed E-state index contributed by atoms with van der Waals surface area (Å²) in [5.74, 6) is -1.67. The van der Waals surface area contributed by atoms with Crippen LogP contribution in [0.2, 0.25) is 0 Å². The fourth-order valence-electron chi connectivity index (χ4n) is 1.58. The molecule has 0 atom stereocenters. The van der Waals surface area contributed by atoms with Crippen molar-refractivity contribution in [3.63, 3.8) is 0 Å². The Balaban J connectivity index is 2.74. The summed E-state index contributed by atoms with van der Waals surface area (Å²) in [5, 5.41) is 37.7. The lowest BCUT2D eigenvalue weighted by atomic mass is 10.2. The number of nitrogens with zero attached hydrogens (tertiary/aromatic N) is 6. The van der Waals surface area contributed by atoms with Crippen molar-refractivity contribution in [2.75, 3.05) is 0 Å². The van der Waals surface area contributed by atoms with Gasteiger partial charge in [-0.2, -0.15) is 10.5 Å². The van der Waals surface area contributed by atoms with Gasteiger partial charge in [-0.3, -0.25) is 14.7 Å². The highest BCUT2D eigenvalue weighted by atomic mass is 16.6. The molecule has 1 N–H and O–H groups in total. The number of aromatic nitrogens is 3. The van der Waals surface area contributed by atoms with E-state index in [9.17, 15) is 14.9 Å². The van der Waals surface area contributed by atoms with E-state index in [0.29, 0.717) is 0 Å². The maximum absolute atomic E-state index is 11.0. The quantitative estimate of drug-likeness (QED) is 0.633. The molecular weight excluding hydrogens is 280 g/mol. The number of pyridine rings is 1. The number of rotatable bonds is 3. The van der Waals surface area contributed by atoms with Crippen molar-refractivity contribution < 1.29 is 14.8 Å². The summed E-state index contributed by atoms with van der Waals surface area (Å²) >= 11 is 0. The molecule has 0 bridgehead atoms. The molecule has 2 heterocycles. The lowest BCUT2D eigenvalue weighted by molar-refractivity contribution is -0.384. The van der Waals surface area contributed by atoms with Crippen LogP contribution in [0.25, 0.3) is 5.82 Å². The largest absolute Gasteiger partial charge is 0.478 e. The van der Waals surface area contributed by atoms with Gasteiger partial charge < -0.3 is 5.11 Å². The third-order valence-electron chi connectivity index (χ3n) is 2.50.